The van der Waals surface area contributed by atoms with E-state index in [0.29, 0.717) is 41.7 Å². The van der Waals surface area contributed by atoms with Gasteiger partial charge in [-0.15, -0.1) is 5.10 Å². The van der Waals surface area contributed by atoms with E-state index in [1.807, 2.05) is 0 Å². The first-order valence-electron chi connectivity index (χ1n) is 8.63. The van der Waals surface area contributed by atoms with Gasteiger partial charge in [0.15, 0.2) is 0 Å². The zero-order valence-electron chi connectivity index (χ0n) is 15.2. The first-order chi connectivity index (χ1) is 13.6. The maximum absolute atomic E-state index is 13.0. The summed E-state index contributed by atoms with van der Waals surface area (Å²) in [7, 11) is 1.50. The minimum Gasteiger partial charge on any atom is -0.496 e. The Morgan fingerprint density at radius 1 is 1.21 bits per heavy atom. The standard InChI is InChI=1S/C19H20FN5O3/c1-27-16-11-14(23-17(26)12-3-5-13(20)6-4-12)7-8-15(16)18-24-25-19(28-18)22-10-2-9-21/h3-8,11H,2,9-10,21H2,1H3,(H,22,25)(H,23,26). The van der Waals surface area contributed by atoms with Gasteiger partial charge in [-0.3, -0.25) is 4.79 Å². The van der Waals surface area contributed by atoms with E-state index in [0.717, 1.165) is 6.42 Å². The summed E-state index contributed by atoms with van der Waals surface area (Å²) in [6.07, 6.45) is 0.781. The SMILES string of the molecule is COc1cc(NC(=O)c2ccc(F)cc2)ccc1-c1nnc(NCCCN)o1. The number of nitrogens with two attached hydrogens (primary N) is 1. The lowest BCUT2D eigenvalue weighted by molar-refractivity contribution is 0.102. The maximum Gasteiger partial charge on any atom is 0.315 e. The molecule has 0 saturated carbocycles. The molecule has 8 nitrogen and oxygen atoms in total. The van der Waals surface area contributed by atoms with Crippen molar-refractivity contribution in [1.82, 2.24) is 10.2 Å². The van der Waals surface area contributed by atoms with E-state index in [4.69, 9.17) is 14.9 Å². The van der Waals surface area contributed by atoms with Crippen LogP contribution in [0.3, 0.4) is 0 Å². The Bertz CT molecular complexity index is 943. The van der Waals surface area contributed by atoms with Gasteiger partial charge in [0.2, 0.25) is 0 Å². The van der Waals surface area contributed by atoms with E-state index in [9.17, 15) is 9.18 Å². The highest BCUT2D eigenvalue weighted by atomic mass is 19.1. The zero-order valence-corrected chi connectivity index (χ0v) is 15.2. The molecule has 146 valence electrons. The molecular formula is C19H20FN5O3. The number of halogens is 1. The molecule has 0 aliphatic heterocycles. The quantitative estimate of drug-likeness (QED) is 0.511. The van der Waals surface area contributed by atoms with E-state index in [-0.39, 0.29) is 11.8 Å². The summed E-state index contributed by atoms with van der Waals surface area (Å²) < 4.78 is 24.0. The zero-order chi connectivity index (χ0) is 19.9. The molecule has 4 N–H and O–H groups in total. The Morgan fingerprint density at radius 3 is 2.71 bits per heavy atom. The fraction of sp³-hybridized carbons (Fsp3) is 0.211. The van der Waals surface area contributed by atoms with Crippen LogP contribution < -0.4 is 21.1 Å². The molecule has 0 atom stereocenters. The van der Waals surface area contributed by atoms with Crippen LogP contribution in [0.5, 0.6) is 5.75 Å². The van der Waals surface area contributed by atoms with Crippen LogP contribution in [0.15, 0.2) is 46.9 Å². The predicted molar refractivity (Wildman–Crippen MR) is 103 cm³/mol. The molecule has 28 heavy (non-hydrogen) atoms. The number of hydrogen-bond donors (Lipinski definition) is 3. The van der Waals surface area contributed by atoms with Crippen molar-refractivity contribution in [2.75, 3.05) is 30.8 Å². The molecule has 1 amide bonds. The van der Waals surface area contributed by atoms with Crippen LogP contribution >= 0.6 is 0 Å². The smallest absolute Gasteiger partial charge is 0.315 e. The predicted octanol–water partition coefficient (Wildman–Crippen LogP) is 2.90. The summed E-state index contributed by atoms with van der Waals surface area (Å²) >= 11 is 0. The van der Waals surface area contributed by atoms with E-state index in [1.54, 1.807) is 18.2 Å². The maximum atomic E-state index is 13.0. The molecule has 0 bridgehead atoms. The number of carbonyl (C=O) groups excluding carboxylic acids is 1. The van der Waals surface area contributed by atoms with Gasteiger partial charge < -0.3 is 25.5 Å². The van der Waals surface area contributed by atoms with Crippen LogP contribution in [0.1, 0.15) is 16.8 Å². The van der Waals surface area contributed by atoms with Crippen LogP contribution in [-0.4, -0.2) is 36.3 Å². The first-order valence-corrected chi connectivity index (χ1v) is 8.63. The molecule has 0 spiro atoms. The number of hydrogen-bond acceptors (Lipinski definition) is 7. The molecule has 9 heteroatoms. The Morgan fingerprint density at radius 2 is 2.00 bits per heavy atom. The van der Waals surface area contributed by atoms with Crippen LogP contribution in [0.25, 0.3) is 11.5 Å². The van der Waals surface area contributed by atoms with Crippen LogP contribution in [-0.2, 0) is 0 Å². The number of benzene rings is 2. The molecule has 3 rings (SSSR count). The molecule has 0 radical (unpaired) electrons. The lowest BCUT2D eigenvalue weighted by Gasteiger charge is -2.10. The number of anilines is 2. The Hall–Kier alpha value is -3.46. The third-order valence-electron chi connectivity index (χ3n) is 3.88. The number of rotatable bonds is 8. The molecule has 3 aromatic rings. The van der Waals surface area contributed by atoms with E-state index in [1.165, 1.54) is 31.4 Å². The van der Waals surface area contributed by atoms with Gasteiger partial charge in [0.05, 0.1) is 12.7 Å². The third-order valence-corrected chi connectivity index (χ3v) is 3.88. The Balaban J connectivity index is 1.75. The summed E-state index contributed by atoms with van der Waals surface area (Å²) in [6.45, 7) is 1.19. The number of amides is 1. The molecule has 0 unspecified atom stereocenters. The molecule has 1 heterocycles. The number of carbonyl (C=O) groups is 1. The highest BCUT2D eigenvalue weighted by Crippen LogP contribution is 2.32. The summed E-state index contributed by atoms with van der Waals surface area (Å²) in [6, 6.07) is 10.6. The van der Waals surface area contributed by atoms with Crippen molar-refractivity contribution in [1.29, 1.82) is 0 Å². The highest BCUT2D eigenvalue weighted by molar-refractivity contribution is 6.04. The second-order valence-electron chi connectivity index (χ2n) is 5.86. The fourth-order valence-corrected chi connectivity index (χ4v) is 2.45. The van der Waals surface area contributed by atoms with Crippen molar-refractivity contribution in [3.05, 3.63) is 53.8 Å². The first kappa shape index (κ1) is 19.3. The second kappa shape index (κ2) is 8.96. The van der Waals surface area contributed by atoms with Gasteiger partial charge in [-0.05, 0) is 49.4 Å². The minimum absolute atomic E-state index is 0.281. The third kappa shape index (κ3) is 4.63. The van der Waals surface area contributed by atoms with Gasteiger partial charge >= 0.3 is 6.01 Å². The van der Waals surface area contributed by atoms with Crippen molar-refractivity contribution >= 4 is 17.6 Å². The molecule has 2 aromatic carbocycles. The Labute approximate surface area is 160 Å². The van der Waals surface area contributed by atoms with Gasteiger partial charge in [0, 0.05) is 23.9 Å². The lowest BCUT2D eigenvalue weighted by atomic mass is 10.1. The number of aromatic nitrogens is 2. The molecular weight excluding hydrogens is 365 g/mol. The minimum atomic E-state index is -0.404. The van der Waals surface area contributed by atoms with E-state index < -0.39 is 5.82 Å². The van der Waals surface area contributed by atoms with Gasteiger partial charge in [-0.1, -0.05) is 5.10 Å². The van der Waals surface area contributed by atoms with Crippen LogP contribution in [0.4, 0.5) is 16.1 Å². The number of methoxy groups -OCH3 is 1. The Kier molecular flexibility index (Phi) is 6.18. The highest BCUT2D eigenvalue weighted by Gasteiger charge is 2.15. The summed E-state index contributed by atoms with van der Waals surface area (Å²) in [5.41, 5.74) is 6.89. The van der Waals surface area contributed by atoms with E-state index >= 15 is 0 Å². The van der Waals surface area contributed by atoms with Crippen molar-refractivity contribution in [3.63, 3.8) is 0 Å². The lowest BCUT2D eigenvalue weighted by Crippen LogP contribution is -2.11. The van der Waals surface area contributed by atoms with Gasteiger partial charge in [-0.25, -0.2) is 4.39 Å². The molecule has 1 aromatic heterocycles. The van der Waals surface area contributed by atoms with Crippen molar-refractivity contribution in [2.24, 2.45) is 5.73 Å². The molecule has 0 aliphatic rings. The van der Waals surface area contributed by atoms with Crippen LogP contribution in [0.2, 0.25) is 0 Å². The average molecular weight is 385 g/mol. The van der Waals surface area contributed by atoms with Crippen LogP contribution in [0, 0.1) is 5.82 Å². The van der Waals surface area contributed by atoms with Crippen molar-refractivity contribution in [2.45, 2.75) is 6.42 Å². The second-order valence-corrected chi connectivity index (χ2v) is 5.86. The summed E-state index contributed by atoms with van der Waals surface area (Å²) in [5.74, 6) is -0.0319. The fourth-order valence-electron chi connectivity index (χ4n) is 2.45. The van der Waals surface area contributed by atoms with E-state index in [2.05, 4.69) is 20.8 Å². The number of ether oxygens (including phenoxy) is 1. The van der Waals surface area contributed by atoms with Crippen molar-refractivity contribution in [3.8, 4) is 17.2 Å². The largest absolute Gasteiger partial charge is 0.496 e. The normalized spacial score (nSPS) is 10.5. The number of nitrogens with zero attached hydrogens (tertiary/aromatic N) is 2. The topological polar surface area (TPSA) is 115 Å². The molecule has 0 fully saturated rings. The monoisotopic (exact) mass is 385 g/mol. The molecule has 0 aliphatic carbocycles. The average Bonchev–Trinajstić information content (AvgIpc) is 3.17. The number of nitrogens with one attached hydrogen (secondary N) is 2. The van der Waals surface area contributed by atoms with Crippen molar-refractivity contribution < 1.29 is 18.3 Å². The summed E-state index contributed by atoms with van der Waals surface area (Å²) in [4.78, 5) is 12.3. The van der Waals surface area contributed by atoms with Gasteiger partial charge in [0.25, 0.3) is 11.8 Å². The van der Waals surface area contributed by atoms with Gasteiger partial charge in [-0.2, -0.15) is 0 Å². The van der Waals surface area contributed by atoms with Gasteiger partial charge in [0.1, 0.15) is 11.6 Å². The summed E-state index contributed by atoms with van der Waals surface area (Å²) in [5, 5.41) is 13.7. The molecule has 0 saturated heterocycles.